The number of primary amides is 1. The Kier molecular flexibility index (Phi) is 3.41. The van der Waals surface area contributed by atoms with Crippen molar-refractivity contribution < 1.29 is 9.53 Å². The molecule has 0 bridgehead atoms. The van der Waals surface area contributed by atoms with Crippen LogP contribution in [0, 0.1) is 11.3 Å². The summed E-state index contributed by atoms with van der Waals surface area (Å²) in [6.45, 7) is 1.48. The molecule has 18 heavy (non-hydrogen) atoms. The zero-order valence-electron chi connectivity index (χ0n) is 9.97. The fourth-order valence-corrected chi connectivity index (χ4v) is 3.11. The minimum absolute atomic E-state index is 0.150. The molecule has 0 saturated carbocycles. The van der Waals surface area contributed by atoms with E-state index in [4.69, 9.17) is 21.5 Å². The molecule has 1 saturated heterocycles. The molecule has 0 aromatic carbocycles. The van der Waals surface area contributed by atoms with E-state index in [0.29, 0.717) is 17.1 Å². The van der Waals surface area contributed by atoms with Crippen molar-refractivity contribution in [1.29, 1.82) is 5.26 Å². The topological polar surface area (TPSA) is 105 Å². The van der Waals surface area contributed by atoms with Gasteiger partial charge in [-0.25, -0.2) is 0 Å². The van der Waals surface area contributed by atoms with Crippen LogP contribution in [-0.4, -0.2) is 32.2 Å². The quantitative estimate of drug-likeness (QED) is 0.830. The van der Waals surface area contributed by atoms with Gasteiger partial charge in [0.2, 0.25) is 0 Å². The molecule has 0 radical (unpaired) electrons. The highest BCUT2D eigenvalue weighted by Gasteiger charge is 2.28. The predicted molar refractivity (Wildman–Crippen MR) is 69.6 cm³/mol. The molecule has 6 nitrogen and oxygen atoms in total. The van der Waals surface area contributed by atoms with Gasteiger partial charge in [0.1, 0.15) is 21.5 Å². The van der Waals surface area contributed by atoms with Gasteiger partial charge in [-0.2, -0.15) is 5.26 Å². The minimum Gasteiger partial charge on any atom is -0.396 e. The molecule has 7 heteroatoms. The van der Waals surface area contributed by atoms with Crippen molar-refractivity contribution in [3.05, 3.63) is 10.4 Å². The Morgan fingerprint density at radius 1 is 1.67 bits per heavy atom. The van der Waals surface area contributed by atoms with E-state index in [0.717, 1.165) is 13.0 Å². The van der Waals surface area contributed by atoms with Gasteiger partial charge in [0.25, 0.3) is 5.91 Å². The van der Waals surface area contributed by atoms with Crippen molar-refractivity contribution in [3.8, 4) is 6.07 Å². The maximum Gasteiger partial charge on any atom is 0.261 e. The number of ether oxygens (including phenoxy) is 1. The van der Waals surface area contributed by atoms with Crippen molar-refractivity contribution in [1.82, 2.24) is 0 Å². The van der Waals surface area contributed by atoms with Crippen molar-refractivity contribution in [3.63, 3.8) is 0 Å². The lowest BCUT2D eigenvalue weighted by atomic mass is 10.2. The highest BCUT2D eigenvalue weighted by Crippen LogP contribution is 2.39. The van der Waals surface area contributed by atoms with Gasteiger partial charge >= 0.3 is 0 Å². The Balaban J connectivity index is 2.37. The molecular weight excluding hydrogens is 252 g/mol. The van der Waals surface area contributed by atoms with Gasteiger partial charge in [-0.05, 0) is 6.42 Å². The fourth-order valence-electron chi connectivity index (χ4n) is 2.05. The summed E-state index contributed by atoms with van der Waals surface area (Å²) in [5, 5.41) is 9.86. The lowest BCUT2D eigenvalue weighted by molar-refractivity contribution is 0.100. The van der Waals surface area contributed by atoms with Crippen LogP contribution in [0.3, 0.4) is 0 Å². The summed E-state index contributed by atoms with van der Waals surface area (Å²) in [7, 11) is 1.66. The summed E-state index contributed by atoms with van der Waals surface area (Å²) < 4.78 is 5.28. The first-order valence-corrected chi connectivity index (χ1v) is 6.30. The third-order valence-corrected chi connectivity index (χ3v) is 4.31. The lowest BCUT2D eigenvalue weighted by Gasteiger charge is -2.16. The van der Waals surface area contributed by atoms with E-state index >= 15 is 0 Å². The summed E-state index contributed by atoms with van der Waals surface area (Å²) in [5.41, 5.74) is 11.5. The number of amides is 1. The van der Waals surface area contributed by atoms with Crippen LogP contribution in [0.15, 0.2) is 0 Å². The van der Waals surface area contributed by atoms with E-state index in [1.54, 1.807) is 7.11 Å². The Hall–Kier alpha value is -1.78. The first kappa shape index (κ1) is 12.7. The summed E-state index contributed by atoms with van der Waals surface area (Å²) in [6, 6.07) is 2.04. The second-order valence-electron chi connectivity index (χ2n) is 4.09. The Morgan fingerprint density at radius 2 is 2.39 bits per heavy atom. The summed E-state index contributed by atoms with van der Waals surface area (Å²) in [6.07, 6.45) is 1.04. The van der Waals surface area contributed by atoms with Crippen LogP contribution >= 0.6 is 11.3 Å². The molecule has 96 valence electrons. The smallest absolute Gasteiger partial charge is 0.261 e. The zero-order chi connectivity index (χ0) is 13.3. The van der Waals surface area contributed by atoms with E-state index in [1.807, 2.05) is 11.0 Å². The summed E-state index contributed by atoms with van der Waals surface area (Å²) >= 11 is 1.18. The van der Waals surface area contributed by atoms with Gasteiger partial charge in [0.15, 0.2) is 0 Å². The van der Waals surface area contributed by atoms with Crippen LogP contribution in [-0.2, 0) is 4.74 Å². The molecule has 1 unspecified atom stereocenters. The third kappa shape index (κ3) is 2.00. The summed E-state index contributed by atoms with van der Waals surface area (Å²) in [5.74, 6) is -0.595. The van der Waals surface area contributed by atoms with Crippen molar-refractivity contribution >= 4 is 27.9 Å². The molecule has 2 rings (SSSR count). The molecule has 1 aliphatic rings. The number of hydrogen-bond donors (Lipinski definition) is 2. The number of thiophene rings is 1. The first-order chi connectivity index (χ1) is 8.58. The second kappa shape index (κ2) is 4.84. The zero-order valence-corrected chi connectivity index (χ0v) is 10.8. The SMILES string of the molecule is COC1CCN(c2sc(C(N)=O)c(N)c2C#N)C1. The van der Waals surface area contributed by atoms with Crippen molar-refractivity contribution in [2.75, 3.05) is 30.8 Å². The maximum absolute atomic E-state index is 11.2. The molecule has 2 heterocycles. The average Bonchev–Trinajstić information content (AvgIpc) is 2.92. The van der Waals surface area contributed by atoms with E-state index in [-0.39, 0.29) is 16.7 Å². The normalized spacial score (nSPS) is 18.9. The van der Waals surface area contributed by atoms with Crippen molar-refractivity contribution in [2.45, 2.75) is 12.5 Å². The van der Waals surface area contributed by atoms with E-state index in [1.165, 1.54) is 11.3 Å². The molecule has 0 spiro atoms. The molecule has 0 aliphatic carbocycles. The number of carbonyl (C=O) groups is 1. The molecule has 1 atom stereocenters. The maximum atomic E-state index is 11.2. The number of nitriles is 1. The van der Waals surface area contributed by atoms with Gasteiger partial charge in [-0.15, -0.1) is 11.3 Å². The van der Waals surface area contributed by atoms with Crippen molar-refractivity contribution in [2.24, 2.45) is 5.73 Å². The fraction of sp³-hybridized carbons (Fsp3) is 0.455. The number of hydrogen-bond acceptors (Lipinski definition) is 6. The molecule has 1 amide bonds. The molecule has 4 N–H and O–H groups in total. The molecule has 1 aliphatic heterocycles. The van der Waals surface area contributed by atoms with Crippen LogP contribution in [0.2, 0.25) is 0 Å². The first-order valence-electron chi connectivity index (χ1n) is 5.48. The van der Waals surface area contributed by atoms with Gasteiger partial charge in [0, 0.05) is 20.2 Å². The van der Waals surface area contributed by atoms with Crippen LogP contribution in [0.4, 0.5) is 10.7 Å². The number of nitrogens with two attached hydrogens (primary N) is 2. The Morgan fingerprint density at radius 3 is 2.89 bits per heavy atom. The van der Waals surface area contributed by atoms with Gasteiger partial charge in [-0.3, -0.25) is 4.79 Å². The summed E-state index contributed by atoms with van der Waals surface area (Å²) in [4.78, 5) is 13.5. The number of methoxy groups -OCH3 is 1. The molecule has 1 fully saturated rings. The predicted octanol–water partition coefficient (Wildman–Crippen LogP) is 0.526. The number of anilines is 2. The average molecular weight is 266 g/mol. The van der Waals surface area contributed by atoms with Gasteiger partial charge in [0.05, 0.1) is 11.8 Å². The van der Waals surface area contributed by atoms with Gasteiger partial charge in [-0.1, -0.05) is 0 Å². The number of carbonyl (C=O) groups excluding carboxylic acids is 1. The highest BCUT2D eigenvalue weighted by atomic mass is 32.1. The van der Waals surface area contributed by atoms with E-state index in [9.17, 15) is 4.79 Å². The number of nitrogen functional groups attached to an aromatic ring is 1. The number of nitrogens with zero attached hydrogens (tertiary/aromatic N) is 2. The van der Waals surface area contributed by atoms with E-state index < -0.39 is 5.91 Å². The second-order valence-corrected chi connectivity index (χ2v) is 5.09. The lowest BCUT2D eigenvalue weighted by Crippen LogP contribution is -2.21. The Labute approximate surface area is 109 Å². The third-order valence-electron chi connectivity index (χ3n) is 3.03. The molecule has 1 aromatic rings. The van der Waals surface area contributed by atoms with Crippen LogP contribution < -0.4 is 16.4 Å². The van der Waals surface area contributed by atoms with Gasteiger partial charge < -0.3 is 21.1 Å². The largest absolute Gasteiger partial charge is 0.396 e. The standard InChI is InChI=1S/C11H14N4O2S/c1-17-6-2-3-15(5-6)11-7(4-12)8(13)9(18-11)10(14)16/h6H,2-3,5,13H2,1H3,(H2,14,16). The van der Waals surface area contributed by atoms with Crippen LogP contribution in [0.25, 0.3) is 0 Å². The molecular formula is C11H14N4O2S. The van der Waals surface area contributed by atoms with E-state index in [2.05, 4.69) is 0 Å². The van der Waals surface area contributed by atoms with Crippen LogP contribution in [0.1, 0.15) is 21.7 Å². The number of rotatable bonds is 3. The Bertz CT molecular complexity index is 520. The van der Waals surface area contributed by atoms with Crippen LogP contribution in [0.5, 0.6) is 0 Å². The highest BCUT2D eigenvalue weighted by molar-refractivity contribution is 7.19. The molecule has 1 aromatic heterocycles. The monoisotopic (exact) mass is 266 g/mol. The minimum atomic E-state index is -0.595.